The van der Waals surface area contributed by atoms with Gasteiger partial charge in [-0.05, 0) is 32.4 Å². The van der Waals surface area contributed by atoms with Crippen molar-refractivity contribution in [2.24, 2.45) is 5.73 Å². The Balaban J connectivity index is 2.32. The molecule has 0 aliphatic carbocycles. The molecule has 1 amide bonds. The summed E-state index contributed by atoms with van der Waals surface area (Å²) in [6.07, 6.45) is -3.11. The van der Waals surface area contributed by atoms with E-state index in [-0.39, 0.29) is 24.1 Å². The van der Waals surface area contributed by atoms with Crippen molar-refractivity contribution >= 4 is 5.91 Å². The number of halogens is 3. The molecule has 8 heteroatoms. The third kappa shape index (κ3) is 3.24. The van der Waals surface area contributed by atoms with Crippen LogP contribution in [0.4, 0.5) is 13.2 Å². The second-order valence-corrected chi connectivity index (χ2v) is 4.85. The minimum Gasteiger partial charge on any atom is -0.369 e. The number of likely N-dealkylation sites (tertiary alicyclic amines) is 1. The molecule has 110 valence electrons. The molecule has 2 heterocycles. The van der Waals surface area contributed by atoms with E-state index in [2.05, 4.69) is 9.97 Å². The molecule has 0 bridgehead atoms. The number of aryl methyl sites for hydroxylation is 1. The molecule has 1 aromatic heterocycles. The Kier molecular flexibility index (Phi) is 3.94. The summed E-state index contributed by atoms with van der Waals surface area (Å²) in [6, 6.07) is 0.528. The average molecular weight is 288 g/mol. The van der Waals surface area contributed by atoms with Gasteiger partial charge in [-0.3, -0.25) is 9.69 Å². The molecule has 5 nitrogen and oxygen atoms in total. The number of carbonyl (C=O) groups is 1. The quantitative estimate of drug-likeness (QED) is 0.913. The fourth-order valence-electron chi connectivity index (χ4n) is 2.39. The van der Waals surface area contributed by atoms with Gasteiger partial charge < -0.3 is 5.73 Å². The molecule has 0 spiro atoms. The second kappa shape index (κ2) is 5.35. The Morgan fingerprint density at radius 3 is 2.80 bits per heavy atom. The molecule has 1 atom stereocenters. The monoisotopic (exact) mass is 288 g/mol. The summed E-state index contributed by atoms with van der Waals surface area (Å²) in [6.45, 7) is 2.10. The van der Waals surface area contributed by atoms with Crippen molar-refractivity contribution in [3.63, 3.8) is 0 Å². The van der Waals surface area contributed by atoms with E-state index in [1.807, 2.05) is 0 Å². The van der Waals surface area contributed by atoms with Gasteiger partial charge in [-0.1, -0.05) is 0 Å². The van der Waals surface area contributed by atoms with Crippen LogP contribution in [0.3, 0.4) is 0 Å². The molecule has 1 aliphatic heterocycles. The van der Waals surface area contributed by atoms with Crippen LogP contribution < -0.4 is 5.73 Å². The summed E-state index contributed by atoms with van der Waals surface area (Å²) in [5, 5.41) is 0. The van der Waals surface area contributed by atoms with Crippen molar-refractivity contribution in [1.82, 2.24) is 14.9 Å². The van der Waals surface area contributed by atoms with Gasteiger partial charge in [0.2, 0.25) is 5.91 Å². The van der Waals surface area contributed by atoms with Gasteiger partial charge in [-0.25, -0.2) is 9.97 Å². The molecule has 1 aromatic rings. The topological polar surface area (TPSA) is 72.1 Å². The van der Waals surface area contributed by atoms with E-state index in [1.165, 1.54) is 6.92 Å². The number of nitrogens with zero attached hydrogens (tertiary/aromatic N) is 3. The van der Waals surface area contributed by atoms with Crippen LogP contribution in [-0.4, -0.2) is 33.9 Å². The standard InChI is InChI=1S/C12H15F3N4O/c1-7-5-9(12(13,14)15)18-11(17-7)8-3-2-4-19(8)6-10(16)20/h5,8H,2-4,6H2,1H3,(H2,16,20)/t8-/m1/s1. The molecule has 0 saturated carbocycles. The van der Waals surface area contributed by atoms with Crippen LogP contribution in [0.2, 0.25) is 0 Å². The van der Waals surface area contributed by atoms with Crippen LogP contribution >= 0.6 is 0 Å². The SMILES string of the molecule is Cc1cc(C(F)(F)F)nc([C@H]2CCCN2CC(N)=O)n1. The Labute approximate surface area is 114 Å². The highest BCUT2D eigenvalue weighted by molar-refractivity contribution is 5.76. The van der Waals surface area contributed by atoms with Gasteiger partial charge in [0, 0.05) is 5.69 Å². The normalized spacial score (nSPS) is 20.3. The van der Waals surface area contributed by atoms with Crippen LogP contribution in [0.25, 0.3) is 0 Å². The zero-order valence-electron chi connectivity index (χ0n) is 10.9. The summed E-state index contributed by atoms with van der Waals surface area (Å²) in [4.78, 5) is 20.4. The molecule has 0 unspecified atom stereocenters. The summed E-state index contributed by atoms with van der Waals surface area (Å²) in [7, 11) is 0. The lowest BCUT2D eigenvalue weighted by molar-refractivity contribution is -0.141. The molecule has 1 saturated heterocycles. The highest BCUT2D eigenvalue weighted by Crippen LogP contribution is 2.33. The minimum absolute atomic E-state index is 0.00329. The largest absolute Gasteiger partial charge is 0.433 e. The van der Waals surface area contributed by atoms with Crippen LogP contribution in [0.15, 0.2) is 6.07 Å². The molecular weight excluding hydrogens is 273 g/mol. The van der Waals surface area contributed by atoms with Gasteiger partial charge in [-0.2, -0.15) is 13.2 Å². The molecule has 0 radical (unpaired) electrons. The number of alkyl halides is 3. The van der Waals surface area contributed by atoms with E-state index < -0.39 is 17.8 Å². The van der Waals surface area contributed by atoms with Crippen molar-refractivity contribution in [1.29, 1.82) is 0 Å². The lowest BCUT2D eigenvalue weighted by atomic mass is 10.2. The molecule has 0 aromatic carbocycles. The maximum atomic E-state index is 12.8. The molecule has 1 aliphatic rings. The lowest BCUT2D eigenvalue weighted by Crippen LogP contribution is -2.34. The number of hydrogen-bond acceptors (Lipinski definition) is 4. The van der Waals surface area contributed by atoms with E-state index in [9.17, 15) is 18.0 Å². The first kappa shape index (κ1) is 14.7. The van der Waals surface area contributed by atoms with Crippen molar-refractivity contribution < 1.29 is 18.0 Å². The molecule has 2 N–H and O–H groups in total. The molecule has 20 heavy (non-hydrogen) atoms. The van der Waals surface area contributed by atoms with Crippen molar-refractivity contribution in [2.45, 2.75) is 32.0 Å². The number of primary amides is 1. The molecule has 1 fully saturated rings. The van der Waals surface area contributed by atoms with Crippen LogP contribution in [-0.2, 0) is 11.0 Å². The van der Waals surface area contributed by atoms with Gasteiger partial charge in [-0.15, -0.1) is 0 Å². The Bertz CT molecular complexity index is 518. The summed E-state index contributed by atoms with van der Waals surface area (Å²) in [5.41, 5.74) is 4.45. The van der Waals surface area contributed by atoms with E-state index in [0.29, 0.717) is 13.0 Å². The Morgan fingerprint density at radius 2 is 2.20 bits per heavy atom. The van der Waals surface area contributed by atoms with Crippen molar-refractivity contribution in [3.8, 4) is 0 Å². The van der Waals surface area contributed by atoms with Gasteiger partial charge in [0.05, 0.1) is 12.6 Å². The fraction of sp³-hybridized carbons (Fsp3) is 0.583. The minimum atomic E-state index is -4.50. The Hall–Kier alpha value is -1.70. The van der Waals surface area contributed by atoms with E-state index >= 15 is 0 Å². The number of amides is 1. The number of rotatable bonds is 3. The highest BCUT2D eigenvalue weighted by atomic mass is 19.4. The van der Waals surface area contributed by atoms with Crippen molar-refractivity contribution in [3.05, 3.63) is 23.3 Å². The summed E-state index contributed by atoms with van der Waals surface area (Å²) < 4.78 is 38.3. The van der Waals surface area contributed by atoms with Crippen LogP contribution in [0, 0.1) is 6.92 Å². The fourth-order valence-corrected chi connectivity index (χ4v) is 2.39. The lowest BCUT2D eigenvalue weighted by Gasteiger charge is -2.22. The third-order valence-electron chi connectivity index (χ3n) is 3.18. The first-order chi connectivity index (χ1) is 9.27. The third-order valence-corrected chi connectivity index (χ3v) is 3.18. The molecule has 2 rings (SSSR count). The Morgan fingerprint density at radius 1 is 1.50 bits per heavy atom. The van der Waals surface area contributed by atoms with Gasteiger partial charge in [0.15, 0.2) is 0 Å². The summed E-state index contributed by atoms with van der Waals surface area (Å²) in [5.74, 6) is -0.406. The number of carbonyl (C=O) groups excluding carboxylic acids is 1. The number of aromatic nitrogens is 2. The van der Waals surface area contributed by atoms with Gasteiger partial charge >= 0.3 is 6.18 Å². The first-order valence-electron chi connectivity index (χ1n) is 6.22. The number of hydrogen-bond donors (Lipinski definition) is 1. The predicted molar refractivity (Wildman–Crippen MR) is 64.5 cm³/mol. The predicted octanol–water partition coefficient (Wildman–Crippen LogP) is 1.43. The number of nitrogens with two attached hydrogens (primary N) is 1. The van der Waals surface area contributed by atoms with Crippen molar-refractivity contribution in [2.75, 3.05) is 13.1 Å². The smallest absolute Gasteiger partial charge is 0.369 e. The highest BCUT2D eigenvalue weighted by Gasteiger charge is 2.36. The van der Waals surface area contributed by atoms with E-state index in [0.717, 1.165) is 12.5 Å². The van der Waals surface area contributed by atoms with Crippen LogP contribution in [0.5, 0.6) is 0 Å². The maximum Gasteiger partial charge on any atom is 0.433 e. The first-order valence-corrected chi connectivity index (χ1v) is 6.22. The van der Waals surface area contributed by atoms with Crippen LogP contribution in [0.1, 0.15) is 36.1 Å². The maximum absolute atomic E-state index is 12.8. The zero-order chi connectivity index (χ0) is 14.9. The van der Waals surface area contributed by atoms with E-state index in [1.54, 1.807) is 4.90 Å². The van der Waals surface area contributed by atoms with Gasteiger partial charge in [0.25, 0.3) is 0 Å². The average Bonchev–Trinajstić information content (AvgIpc) is 2.74. The van der Waals surface area contributed by atoms with Gasteiger partial charge in [0.1, 0.15) is 11.5 Å². The second-order valence-electron chi connectivity index (χ2n) is 4.85. The van der Waals surface area contributed by atoms with E-state index in [4.69, 9.17) is 5.73 Å². The molecular formula is C12H15F3N4O. The summed E-state index contributed by atoms with van der Waals surface area (Å²) >= 11 is 0. The zero-order valence-corrected chi connectivity index (χ0v) is 10.9.